The second-order valence-corrected chi connectivity index (χ2v) is 7.85. The molecule has 0 aliphatic rings. The summed E-state index contributed by atoms with van der Waals surface area (Å²) in [5, 5.41) is -0.152. The summed E-state index contributed by atoms with van der Waals surface area (Å²) in [6.45, 7) is 5.54. The Hall–Kier alpha value is -4.07. The summed E-state index contributed by atoms with van der Waals surface area (Å²) in [7, 11) is 0. The molecule has 0 fully saturated rings. The number of halogens is 3. The van der Waals surface area contributed by atoms with Crippen LogP contribution in [0.5, 0.6) is 17.2 Å². The van der Waals surface area contributed by atoms with E-state index in [2.05, 4.69) is 0 Å². The normalized spacial score (nSPS) is 11.5. The fourth-order valence-electron chi connectivity index (χ4n) is 3.26. The molecule has 0 saturated carbocycles. The van der Waals surface area contributed by atoms with Crippen molar-refractivity contribution in [1.29, 1.82) is 0 Å². The number of hydrogen-bond acceptors (Lipinski definition) is 5. The molecule has 4 rings (SSSR count). The van der Waals surface area contributed by atoms with E-state index in [1.165, 1.54) is 24.3 Å². The fourth-order valence-corrected chi connectivity index (χ4v) is 3.26. The van der Waals surface area contributed by atoms with E-state index >= 15 is 0 Å². The SMILES string of the molecule is Cc1ccc(Oc2c(C(F)(F)F)oc3cc(OC(=O)c4ccc(C)c(C)c4)ccc3c2=O)cc1. The third kappa shape index (κ3) is 4.66. The molecule has 8 heteroatoms. The van der Waals surface area contributed by atoms with Crippen LogP contribution in [-0.2, 0) is 6.18 Å². The zero-order valence-corrected chi connectivity index (χ0v) is 18.4. The predicted molar refractivity (Wildman–Crippen MR) is 120 cm³/mol. The molecule has 0 N–H and O–H groups in total. The van der Waals surface area contributed by atoms with Gasteiger partial charge in [-0.3, -0.25) is 4.79 Å². The highest BCUT2D eigenvalue weighted by Gasteiger charge is 2.40. The summed E-state index contributed by atoms with van der Waals surface area (Å²) in [6, 6.07) is 14.8. The van der Waals surface area contributed by atoms with Crippen LogP contribution in [0.1, 0.15) is 32.8 Å². The molecule has 0 atom stereocenters. The Bertz CT molecular complexity index is 1450. The average molecular weight is 468 g/mol. The highest BCUT2D eigenvalue weighted by atomic mass is 19.4. The monoisotopic (exact) mass is 468 g/mol. The summed E-state index contributed by atoms with van der Waals surface area (Å²) in [4.78, 5) is 25.4. The van der Waals surface area contributed by atoms with Crippen molar-refractivity contribution < 1.29 is 31.9 Å². The average Bonchev–Trinajstić information content (AvgIpc) is 2.78. The minimum atomic E-state index is -5.00. The van der Waals surface area contributed by atoms with E-state index in [4.69, 9.17) is 13.9 Å². The van der Waals surface area contributed by atoms with E-state index in [9.17, 15) is 22.8 Å². The van der Waals surface area contributed by atoms with Gasteiger partial charge in [0.1, 0.15) is 17.1 Å². The van der Waals surface area contributed by atoms with Gasteiger partial charge in [0, 0.05) is 6.07 Å². The molecule has 0 aliphatic carbocycles. The first kappa shape index (κ1) is 23.1. The first-order chi connectivity index (χ1) is 16.0. The van der Waals surface area contributed by atoms with Crippen LogP contribution in [0.2, 0.25) is 0 Å². The molecule has 0 spiro atoms. The lowest BCUT2D eigenvalue weighted by Crippen LogP contribution is -2.15. The number of hydrogen-bond donors (Lipinski definition) is 0. The van der Waals surface area contributed by atoms with Gasteiger partial charge in [0.2, 0.25) is 11.2 Å². The number of esters is 1. The van der Waals surface area contributed by atoms with Crippen LogP contribution in [0.3, 0.4) is 0 Å². The van der Waals surface area contributed by atoms with Crippen LogP contribution in [0.25, 0.3) is 11.0 Å². The van der Waals surface area contributed by atoms with E-state index in [-0.39, 0.29) is 28.0 Å². The first-order valence-electron chi connectivity index (χ1n) is 10.2. The van der Waals surface area contributed by atoms with Crippen molar-refractivity contribution in [3.8, 4) is 17.2 Å². The van der Waals surface area contributed by atoms with Crippen LogP contribution >= 0.6 is 0 Å². The number of carbonyl (C=O) groups excluding carboxylic acids is 1. The lowest BCUT2D eigenvalue weighted by Gasteiger charge is -2.14. The van der Waals surface area contributed by atoms with E-state index < -0.39 is 29.1 Å². The van der Waals surface area contributed by atoms with Crippen LogP contribution in [0.15, 0.2) is 69.9 Å². The van der Waals surface area contributed by atoms with Crippen LogP contribution in [-0.4, -0.2) is 5.97 Å². The molecular weight excluding hydrogens is 449 g/mol. The van der Waals surface area contributed by atoms with Crippen LogP contribution < -0.4 is 14.9 Å². The highest BCUT2D eigenvalue weighted by Crippen LogP contribution is 2.38. The molecule has 0 saturated heterocycles. The Labute approximate surface area is 192 Å². The third-order valence-corrected chi connectivity index (χ3v) is 5.27. The van der Waals surface area contributed by atoms with Gasteiger partial charge < -0.3 is 13.9 Å². The standard InChI is InChI=1S/C26H19F3O5/c1-14-4-8-18(9-5-14)32-23-22(30)20-11-10-19(13-21(20)34-24(23)26(27,28)29)33-25(31)17-7-6-15(2)16(3)12-17/h4-13H,1-3H3. The molecule has 0 aliphatic heterocycles. The van der Waals surface area contributed by atoms with Crippen molar-refractivity contribution in [2.24, 2.45) is 0 Å². The number of benzene rings is 3. The van der Waals surface area contributed by atoms with Gasteiger partial charge in [-0.1, -0.05) is 23.8 Å². The number of rotatable bonds is 4. The number of ether oxygens (including phenoxy) is 2. The largest absolute Gasteiger partial charge is 0.453 e. The number of aryl methyl sites for hydroxylation is 3. The van der Waals surface area contributed by atoms with Crippen molar-refractivity contribution in [3.05, 3.63) is 98.9 Å². The van der Waals surface area contributed by atoms with Crippen molar-refractivity contribution in [2.45, 2.75) is 26.9 Å². The Morgan fingerprint density at radius 2 is 1.53 bits per heavy atom. The van der Waals surface area contributed by atoms with E-state index in [0.717, 1.165) is 22.8 Å². The quantitative estimate of drug-likeness (QED) is 0.245. The Balaban J connectivity index is 1.74. The van der Waals surface area contributed by atoms with Crippen LogP contribution in [0, 0.1) is 20.8 Å². The summed E-state index contributed by atoms with van der Waals surface area (Å²) in [5.41, 5.74) is 1.64. The van der Waals surface area contributed by atoms with Crippen molar-refractivity contribution >= 4 is 16.9 Å². The lowest BCUT2D eigenvalue weighted by atomic mass is 10.1. The molecule has 0 amide bonds. The van der Waals surface area contributed by atoms with Gasteiger partial charge >= 0.3 is 12.1 Å². The van der Waals surface area contributed by atoms with Gasteiger partial charge in [0.05, 0.1) is 10.9 Å². The second-order valence-electron chi connectivity index (χ2n) is 7.85. The zero-order chi connectivity index (χ0) is 24.6. The lowest BCUT2D eigenvalue weighted by molar-refractivity contribution is -0.154. The molecule has 1 aromatic heterocycles. The highest BCUT2D eigenvalue weighted by molar-refractivity contribution is 5.92. The maximum Gasteiger partial charge on any atom is 0.453 e. The second kappa shape index (κ2) is 8.70. The Morgan fingerprint density at radius 1 is 0.853 bits per heavy atom. The molecule has 0 radical (unpaired) electrons. The van der Waals surface area contributed by atoms with E-state index in [1.54, 1.807) is 37.3 Å². The number of carbonyl (C=O) groups is 1. The smallest absolute Gasteiger partial charge is 0.449 e. The van der Waals surface area contributed by atoms with Gasteiger partial charge in [0.15, 0.2) is 0 Å². The zero-order valence-electron chi connectivity index (χ0n) is 18.4. The Morgan fingerprint density at radius 3 is 2.18 bits per heavy atom. The molecule has 3 aromatic carbocycles. The molecule has 0 bridgehead atoms. The maximum atomic E-state index is 13.7. The van der Waals surface area contributed by atoms with Gasteiger partial charge in [-0.15, -0.1) is 0 Å². The molecular formula is C26H19F3O5. The fraction of sp³-hybridized carbons (Fsp3) is 0.154. The molecule has 4 aromatic rings. The number of fused-ring (bicyclic) bond motifs is 1. The van der Waals surface area contributed by atoms with Gasteiger partial charge in [-0.25, -0.2) is 4.79 Å². The maximum absolute atomic E-state index is 13.7. The molecule has 5 nitrogen and oxygen atoms in total. The number of alkyl halides is 3. The topological polar surface area (TPSA) is 65.7 Å². The minimum absolute atomic E-state index is 0.0571. The molecule has 34 heavy (non-hydrogen) atoms. The summed E-state index contributed by atoms with van der Waals surface area (Å²) >= 11 is 0. The summed E-state index contributed by atoms with van der Waals surface area (Å²) < 4.78 is 56.8. The minimum Gasteiger partial charge on any atom is -0.449 e. The van der Waals surface area contributed by atoms with Crippen molar-refractivity contribution in [2.75, 3.05) is 0 Å². The Kier molecular flexibility index (Phi) is 5.91. The molecule has 0 unspecified atom stereocenters. The third-order valence-electron chi connectivity index (χ3n) is 5.27. The van der Waals surface area contributed by atoms with Crippen molar-refractivity contribution in [3.63, 3.8) is 0 Å². The molecule has 174 valence electrons. The van der Waals surface area contributed by atoms with Gasteiger partial charge in [0.25, 0.3) is 5.76 Å². The predicted octanol–water partition coefficient (Wildman–Crippen LogP) is 6.75. The summed E-state index contributed by atoms with van der Waals surface area (Å²) in [6.07, 6.45) is -5.00. The van der Waals surface area contributed by atoms with Crippen molar-refractivity contribution in [1.82, 2.24) is 0 Å². The van der Waals surface area contributed by atoms with E-state index in [0.29, 0.717) is 0 Å². The van der Waals surface area contributed by atoms with E-state index in [1.807, 2.05) is 13.8 Å². The molecule has 1 heterocycles. The first-order valence-corrected chi connectivity index (χ1v) is 10.2. The van der Waals surface area contributed by atoms with Gasteiger partial charge in [-0.05, 0) is 68.3 Å². The van der Waals surface area contributed by atoms with Gasteiger partial charge in [-0.2, -0.15) is 13.2 Å². The summed E-state index contributed by atoms with van der Waals surface area (Å²) in [5.74, 6) is -3.26. The van der Waals surface area contributed by atoms with Crippen LogP contribution in [0.4, 0.5) is 13.2 Å².